The van der Waals surface area contributed by atoms with E-state index in [1.54, 1.807) is 7.11 Å². The number of ether oxygens (including phenoxy) is 2. The third-order valence-corrected chi connectivity index (χ3v) is 5.10. The van der Waals surface area contributed by atoms with Crippen LogP contribution in [0.1, 0.15) is 29.7 Å². The fourth-order valence-electron chi connectivity index (χ4n) is 3.88. The van der Waals surface area contributed by atoms with E-state index in [1.807, 2.05) is 12.4 Å². The van der Waals surface area contributed by atoms with Crippen molar-refractivity contribution in [3.8, 4) is 11.5 Å². The average Bonchev–Trinajstić information content (AvgIpc) is 3.03. The largest absolute Gasteiger partial charge is 0.497 e. The predicted octanol–water partition coefficient (Wildman–Crippen LogP) is 2.56. The fourth-order valence-corrected chi connectivity index (χ4v) is 3.88. The second-order valence-electron chi connectivity index (χ2n) is 6.88. The molecule has 132 valence electrons. The predicted molar refractivity (Wildman–Crippen MR) is 97.0 cm³/mol. The Morgan fingerprint density at radius 2 is 2.16 bits per heavy atom. The molecule has 5 heteroatoms. The van der Waals surface area contributed by atoms with Gasteiger partial charge in [0.05, 0.1) is 7.11 Å². The number of nitrogens with one attached hydrogen (secondary N) is 1. The Kier molecular flexibility index (Phi) is 4.59. The quantitative estimate of drug-likeness (QED) is 0.928. The fraction of sp³-hybridized carbons (Fsp3) is 0.450. The number of benzene rings is 1. The van der Waals surface area contributed by atoms with Crippen molar-refractivity contribution in [1.82, 2.24) is 15.2 Å². The summed E-state index contributed by atoms with van der Waals surface area (Å²) in [6, 6.07) is 8.80. The Balaban J connectivity index is 1.63. The third-order valence-electron chi connectivity index (χ3n) is 5.10. The molecule has 3 heterocycles. The van der Waals surface area contributed by atoms with E-state index in [1.165, 1.54) is 16.7 Å². The number of pyridine rings is 1. The van der Waals surface area contributed by atoms with E-state index in [9.17, 15) is 0 Å². The van der Waals surface area contributed by atoms with Gasteiger partial charge in [-0.2, -0.15) is 0 Å². The zero-order valence-corrected chi connectivity index (χ0v) is 14.9. The van der Waals surface area contributed by atoms with E-state index >= 15 is 0 Å². The van der Waals surface area contributed by atoms with Gasteiger partial charge < -0.3 is 14.8 Å². The van der Waals surface area contributed by atoms with Crippen molar-refractivity contribution in [2.45, 2.75) is 32.0 Å². The van der Waals surface area contributed by atoms with E-state index in [-0.39, 0.29) is 6.10 Å². The van der Waals surface area contributed by atoms with Gasteiger partial charge in [-0.1, -0.05) is 0 Å². The summed E-state index contributed by atoms with van der Waals surface area (Å²) in [4.78, 5) is 6.67. The number of aromatic nitrogens is 1. The zero-order valence-electron chi connectivity index (χ0n) is 14.9. The van der Waals surface area contributed by atoms with Crippen molar-refractivity contribution in [3.63, 3.8) is 0 Å². The van der Waals surface area contributed by atoms with Crippen LogP contribution in [-0.2, 0) is 13.0 Å². The lowest BCUT2D eigenvalue weighted by atomic mass is 10.0. The number of fused-ring (bicyclic) bond motifs is 1. The molecule has 1 aromatic heterocycles. The molecule has 0 saturated carbocycles. The van der Waals surface area contributed by atoms with Crippen LogP contribution >= 0.6 is 0 Å². The molecule has 2 atom stereocenters. The molecular weight excluding hydrogens is 314 g/mol. The minimum atomic E-state index is 0.236. The second-order valence-corrected chi connectivity index (χ2v) is 6.88. The number of hydrogen-bond donors (Lipinski definition) is 1. The number of nitrogens with zero attached hydrogens (tertiary/aromatic N) is 2. The van der Waals surface area contributed by atoms with Gasteiger partial charge in [-0.25, -0.2) is 0 Å². The average molecular weight is 339 g/mol. The van der Waals surface area contributed by atoms with Crippen LogP contribution in [0.15, 0.2) is 36.7 Å². The summed E-state index contributed by atoms with van der Waals surface area (Å²) in [5.41, 5.74) is 3.79. The van der Waals surface area contributed by atoms with Crippen LogP contribution < -0.4 is 14.8 Å². The van der Waals surface area contributed by atoms with Crippen molar-refractivity contribution >= 4 is 0 Å². The molecule has 0 spiro atoms. The van der Waals surface area contributed by atoms with Gasteiger partial charge in [0.1, 0.15) is 17.6 Å². The molecule has 1 N–H and O–H groups in total. The lowest BCUT2D eigenvalue weighted by Crippen LogP contribution is -2.45. The highest BCUT2D eigenvalue weighted by atomic mass is 16.5. The van der Waals surface area contributed by atoms with Crippen LogP contribution in [0.25, 0.3) is 0 Å². The molecule has 25 heavy (non-hydrogen) atoms. The number of piperazine rings is 1. The summed E-state index contributed by atoms with van der Waals surface area (Å²) in [5, 5.41) is 3.51. The van der Waals surface area contributed by atoms with E-state index in [0.29, 0.717) is 6.04 Å². The molecule has 0 radical (unpaired) electrons. The molecule has 0 bridgehead atoms. The first-order valence-electron chi connectivity index (χ1n) is 8.95. The molecule has 5 nitrogen and oxygen atoms in total. The Hall–Kier alpha value is -2.11. The smallest absolute Gasteiger partial charge is 0.127 e. The SMILES string of the molecule is COc1cc2c(c(CN3CCNCC3c3ccncc3)c1)OC(C)C2. The summed E-state index contributed by atoms with van der Waals surface area (Å²) in [6.45, 7) is 5.95. The van der Waals surface area contributed by atoms with Gasteiger partial charge in [0.15, 0.2) is 0 Å². The minimum Gasteiger partial charge on any atom is -0.497 e. The highest BCUT2D eigenvalue weighted by Crippen LogP contribution is 2.38. The van der Waals surface area contributed by atoms with Gasteiger partial charge in [0.25, 0.3) is 0 Å². The molecule has 4 rings (SSSR count). The van der Waals surface area contributed by atoms with Crippen LogP contribution in [0.2, 0.25) is 0 Å². The molecule has 1 saturated heterocycles. The van der Waals surface area contributed by atoms with Crippen LogP contribution in [0.3, 0.4) is 0 Å². The maximum absolute atomic E-state index is 6.11. The molecule has 0 aliphatic carbocycles. The summed E-state index contributed by atoms with van der Waals surface area (Å²) >= 11 is 0. The van der Waals surface area contributed by atoms with Crippen LogP contribution in [0, 0.1) is 0 Å². The third kappa shape index (κ3) is 3.34. The van der Waals surface area contributed by atoms with Gasteiger partial charge in [-0.3, -0.25) is 9.88 Å². The molecule has 0 amide bonds. The Bertz CT molecular complexity index is 735. The van der Waals surface area contributed by atoms with Gasteiger partial charge >= 0.3 is 0 Å². The van der Waals surface area contributed by atoms with E-state index < -0.39 is 0 Å². The standard InChI is InChI=1S/C20H25N3O2/c1-14-9-16-10-18(24-2)11-17(20(16)25-14)13-23-8-7-22-12-19(23)15-3-5-21-6-4-15/h3-6,10-11,14,19,22H,7-9,12-13H2,1-2H3. The normalized spacial score (nSPS) is 23.1. The molecule has 2 aliphatic heterocycles. The van der Waals surface area contributed by atoms with E-state index in [4.69, 9.17) is 9.47 Å². The van der Waals surface area contributed by atoms with Crippen molar-refractivity contribution < 1.29 is 9.47 Å². The van der Waals surface area contributed by atoms with Crippen molar-refractivity contribution in [2.75, 3.05) is 26.7 Å². The van der Waals surface area contributed by atoms with Crippen LogP contribution in [-0.4, -0.2) is 42.7 Å². The van der Waals surface area contributed by atoms with Gasteiger partial charge in [-0.05, 0) is 36.8 Å². The topological polar surface area (TPSA) is 46.6 Å². The first-order valence-corrected chi connectivity index (χ1v) is 8.95. The summed E-state index contributed by atoms with van der Waals surface area (Å²) in [7, 11) is 1.73. The minimum absolute atomic E-state index is 0.236. The molecular formula is C20H25N3O2. The van der Waals surface area contributed by atoms with Gasteiger partial charge in [-0.15, -0.1) is 0 Å². The Morgan fingerprint density at radius 1 is 1.32 bits per heavy atom. The van der Waals surface area contributed by atoms with E-state index in [2.05, 4.69) is 46.4 Å². The zero-order chi connectivity index (χ0) is 17.2. The van der Waals surface area contributed by atoms with Gasteiger partial charge in [0, 0.05) is 62.2 Å². The highest BCUT2D eigenvalue weighted by Gasteiger charge is 2.28. The molecule has 2 unspecified atom stereocenters. The summed E-state index contributed by atoms with van der Waals surface area (Å²) in [5.74, 6) is 1.97. The van der Waals surface area contributed by atoms with Crippen molar-refractivity contribution in [3.05, 3.63) is 53.3 Å². The van der Waals surface area contributed by atoms with Crippen LogP contribution in [0.5, 0.6) is 11.5 Å². The molecule has 1 aromatic carbocycles. The highest BCUT2D eigenvalue weighted by molar-refractivity contribution is 5.50. The Labute approximate surface area is 149 Å². The monoisotopic (exact) mass is 339 g/mol. The van der Waals surface area contributed by atoms with Crippen molar-refractivity contribution in [2.24, 2.45) is 0 Å². The molecule has 2 aliphatic rings. The maximum Gasteiger partial charge on any atom is 0.127 e. The first-order chi connectivity index (χ1) is 12.2. The first kappa shape index (κ1) is 16.4. The van der Waals surface area contributed by atoms with Crippen molar-refractivity contribution in [1.29, 1.82) is 0 Å². The maximum atomic E-state index is 6.11. The van der Waals surface area contributed by atoms with Gasteiger partial charge in [0.2, 0.25) is 0 Å². The van der Waals surface area contributed by atoms with Crippen LogP contribution in [0.4, 0.5) is 0 Å². The molecule has 2 aromatic rings. The Morgan fingerprint density at radius 3 is 2.96 bits per heavy atom. The second kappa shape index (κ2) is 7.02. The molecule has 1 fully saturated rings. The van der Waals surface area contributed by atoms with E-state index in [0.717, 1.165) is 44.1 Å². The lowest BCUT2D eigenvalue weighted by Gasteiger charge is -2.36. The lowest BCUT2D eigenvalue weighted by molar-refractivity contribution is 0.150. The summed E-state index contributed by atoms with van der Waals surface area (Å²) < 4.78 is 11.6. The number of methoxy groups -OCH3 is 1. The summed E-state index contributed by atoms with van der Waals surface area (Å²) in [6.07, 6.45) is 4.93. The number of hydrogen-bond acceptors (Lipinski definition) is 5. The number of rotatable bonds is 4.